The van der Waals surface area contributed by atoms with E-state index in [9.17, 15) is 4.39 Å². The fourth-order valence-electron chi connectivity index (χ4n) is 4.56. The van der Waals surface area contributed by atoms with E-state index in [0.717, 1.165) is 30.0 Å². The third-order valence-electron chi connectivity index (χ3n) is 6.56. The summed E-state index contributed by atoms with van der Waals surface area (Å²) in [5.41, 5.74) is 3.79. The van der Waals surface area contributed by atoms with Crippen molar-refractivity contribution in [3.63, 3.8) is 0 Å². The van der Waals surface area contributed by atoms with Gasteiger partial charge in [0.1, 0.15) is 5.82 Å². The second-order valence-electron chi connectivity index (χ2n) is 8.58. The number of hydrogen-bond acceptors (Lipinski definition) is 1. The van der Waals surface area contributed by atoms with Crippen molar-refractivity contribution in [2.75, 3.05) is 0 Å². The molecule has 1 aliphatic rings. The highest BCUT2D eigenvalue weighted by atomic mass is 19.1. The SMILES string of the molecule is CCCCCCCc1ccc(-c2ccc([C@H]3CC[C@H](CC)CC3)cn2)c(F)c1. The van der Waals surface area contributed by atoms with Crippen LogP contribution in [0.1, 0.15) is 95.1 Å². The smallest absolute Gasteiger partial charge is 0.132 e. The molecule has 3 rings (SSSR count). The standard InChI is InChI=1S/C26H36FN/c1-3-5-6-7-8-9-21-12-16-24(25(27)18-21)26-17-15-23(19-28-26)22-13-10-20(4-2)11-14-22/h12,15-20,22H,3-11,13-14H2,1-2H3/t20-,22-. The summed E-state index contributed by atoms with van der Waals surface area (Å²) in [5.74, 6) is 1.39. The van der Waals surface area contributed by atoms with Gasteiger partial charge in [0.25, 0.3) is 0 Å². The Labute approximate surface area is 170 Å². The van der Waals surface area contributed by atoms with Gasteiger partial charge < -0.3 is 0 Å². The van der Waals surface area contributed by atoms with Crippen LogP contribution in [0.15, 0.2) is 36.5 Å². The van der Waals surface area contributed by atoms with Gasteiger partial charge in [0.05, 0.1) is 5.69 Å². The van der Waals surface area contributed by atoms with Crippen molar-refractivity contribution in [3.8, 4) is 11.3 Å². The van der Waals surface area contributed by atoms with Crippen molar-refractivity contribution < 1.29 is 4.39 Å². The van der Waals surface area contributed by atoms with Crippen LogP contribution in [0.25, 0.3) is 11.3 Å². The van der Waals surface area contributed by atoms with E-state index in [0.29, 0.717) is 11.5 Å². The van der Waals surface area contributed by atoms with E-state index >= 15 is 0 Å². The maximum atomic E-state index is 14.7. The highest BCUT2D eigenvalue weighted by Gasteiger charge is 2.21. The van der Waals surface area contributed by atoms with Crippen molar-refractivity contribution in [3.05, 3.63) is 53.5 Å². The molecule has 0 amide bonds. The molecule has 1 nitrogen and oxygen atoms in total. The van der Waals surface area contributed by atoms with Crippen molar-refractivity contribution >= 4 is 0 Å². The molecule has 0 saturated heterocycles. The fourth-order valence-corrected chi connectivity index (χ4v) is 4.56. The molecule has 1 heterocycles. The lowest BCUT2D eigenvalue weighted by Crippen LogP contribution is -2.12. The highest BCUT2D eigenvalue weighted by Crippen LogP contribution is 2.37. The molecule has 2 aromatic rings. The summed E-state index contributed by atoms with van der Waals surface area (Å²) in [6, 6.07) is 9.85. The number of pyridine rings is 1. The lowest BCUT2D eigenvalue weighted by Gasteiger charge is -2.27. The minimum Gasteiger partial charge on any atom is -0.256 e. The average Bonchev–Trinajstić information content (AvgIpc) is 2.74. The Morgan fingerprint density at radius 1 is 0.929 bits per heavy atom. The first kappa shape index (κ1) is 21.0. The zero-order chi connectivity index (χ0) is 19.8. The number of hydrogen-bond donors (Lipinski definition) is 0. The summed E-state index contributed by atoms with van der Waals surface area (Å²) >= 11 is 0. The fraction of sp³-hybridized carbons (Fsp3) is 0.577. The molecule has 28 heavy (non-hydrogen) atoms. The van der Waals surface area contributed by atoms with Crippen LogP contribution in [-0.4, -0.2) is 4.98 Å². The lowest BCUT2D eigenvalue weighted by atomic mass is 9.78. The first-order valence-electron chi connectivity index (χ1n) is 11.5. The third kappa shape index (κ3) is 5.65. The maximum Gasteiger partial charge on any atom is 0.132 e. The first-order valence-corrected chi connectivity index (χ1v) is 11.5. The van der Waals surface area contributed by atoms with E-state index in [2.05, 4.69) is 31.0 Å². The van der Waals surface area contributed by atoms with Crippen LogP contribution in [0.5, 0.6) is 0 Å². The second kappa shape index (κ2) is 10.7. The van der Waals surface area contributed by atoms with Gasteiger partial charge in [-0.05, 0) is 79.7 Å². The number of aryl methyl sites for hydroxylation is 1. The Balaban J connectivity index is 1.59. The highest BCUT2D eigenvalue weighted by molar-refractivity contribution is 5.60. The molecule has 1 aromatic heterocycles. The van der Waals surface area contributed by atoms with E-state index in [1.807, 2.05) is 18.3 Å². The molecule has 1 aliphatic carbocycles. The van der Waals surface area contributed by atoms with Crippen LogP contribution in [0.4, 0.5) is 4.39 Å². The molecule has 1 aromatic carbocycles. The number of halogens is 1. The largest absolute Gasteiger partial charge is 0.256 e. The Hall–Kier alpha value is -1.70. The summed E-state index contributed by atoms with van der Waals surface area (Å²) in [5, 5.41) is 0. The van der Waals surface area contributed by atoms with E-state index in [4.69, 9.17) is 0 Å². The molecule has 2 heteroatoms. The Morgan fingerprint density at radius 2 is 1.71 bits per heavy atom. The maximum absolute atomic E-state index is 14.7. The monoisotopic (exact) mass is 381 g/mol. The van der Waals surface area contributed by atoms with E-state index in [1.54, 1.807) is 6.07 Å². The predicted octanol–water partition coefficient (Wildman–Crippen LogP) is 8.08. The van der Waals surface area contributed by atoms with Crippen LogP contribution in [0.2, 0.25) is 0 Å². The Bertz CT molecular complexity index is 714. The van der Waals surface area contributed by atoms with Crippen LogP contribution in [0.3, 0.4) is 0 Å². The average molecular weight is 382 g/mol. The van der Waals surface area contributed by atoms with Gasteiger partial charge >= 0.3 is 0 Å². The van der Waals surface area contributed by atoms with Gasteiger partial charge in [0.2, 0.25) is 0 Å². The first-order chi connectivity index (χ1) is 13.7. The zero-order valence-electron chi connectivity index (χ0n) is 17.7. The summed E-state index contributed by atoms with van der Waals surface area (Å²) in [6.07, 6.45) is 15.7. The van der Waals surface area contributed by atoms with E-state index in [-0.39, 0.29) is 5.82 Å². The summed E-state index contributed by atoms with van der Waals surface area (Å²) in [4.78, 5) is 4.61. The number of rotatable bonds is 9. The second-order valence-corrected chi connectivity index (χ2v) is 8.58. The molecule has 0 radical (unpaired) electrons. The quantitative estimate of drug-likeness (QED) is 0.400. The molecule has 0 atom stereocenters. The van der Waals surface area contributed by atoms with Crippen molar-refractivity contribution in [2.24, 2.45) is 5.92 Å². The molecule has 0 N–H and O–H groups in total. The summed E-state index contributed by atoms with van der Waals surface area (Å²) in [6.45, 7) is 4.53. The van der Waals surface area contributed by atoms with Gasteiger partial charge in [-0.25, -0.2) is 4.39 Å². The van der Waals surface area contributed by atoms with Crippen LogP contribution in [-0.2, 0) is 6.42 Å². The molecule has 152 valence electrons. The van der Waals surface area contributed by atoms with Crippen LogP contribution >= 0.6 is 0 Å². The minimum absolute atomic E-state index is 0.144. The molecule has 0 unspecified atom stereocenters. The number of aromatic nitrogens is 1. The molecular formula is C26H36FN. The zero-order valence-corrected chi connectivity index (χ0v) is 17.7. The van der Waals surface area contributed by atoms with Crippen LogP contribution < -0.4 is 0 Å². The molecule has 0 spiro atoms. The predicted molar refractivity (Wildman–Crippen MR) is 117 cm³/mol. The van der Waals surface area contributed by atoms with Gasteiger partial charge in [-0.1, -0.05) is 58.1 Å². The molecule has 1 fully saturated rings. The van der Waals surface area contributed by atoms with Crippen molar-refractivity contribution in [1.29, 1.82) is 0 Å². The lowest BCUT2D eigenvalue weighted by molar-refractivity contribution is 0.318. The van der Waals surface area contributed by atoms with Gasteiger partial charge in [0.15, 0.2) is 0 Å². The van der Waals surface area contributed by atoms with Crippen molar-refractivity contribution in [2.45, 2.75) is 90.4 Å². The van der Waals surface area contributed by atoms with Gasteiger partial charge in [-0.3, -0.25) is 4.98 Å². The van der Waals surface area contributed by atoms with E-state index in [1.165, 1.54) is 63.4 Å². The summed E-state index contributed by atoms with van der Waals surface area (Å²) in [7, 11) is 0. The summed E-state index contributed by atoms with van der Waals surface area (Å²) < 4.78 is 14.7. The normalized spacial score (nSPS) is 19.7. The number of benzene rings is 1. The minimum atomic E-state index is -0.144. The Morgan fingerprint density at radius 3 is 2.36 bits per heavy atom. The number of nitrogens with zero attached hydrogens (tertiary/aromatic N) is 1. The van der Waals surface area contributed by atoms with Gasteiger partial charge in [-0.15, -0.1) is 0 Å². The molecule has 1 saturated carbocycles. The molecule has 0 bridgehead atoms. The third-order valence-corrected chi connectivity index (χ3v) is 6.56. The topological polar surface area (TPSA) is 12.9 Å². The Kier molecular flexibility index (Phi) is 8.06. The van der Waals surface area contributed by atoms with Gasteiger partial charge in [-0.2, -0.15) is 0 Å². The van der Waals surface area contributed by atoms with Crippen LogP contribution in [0, 0.1) is 11.7 Å². The van der Waals surface area contributed by atoms with E-state index < -0.39 is 0 Å². The number of unbranched alkanes of at least 4 members (excludes halogenated alkanes) is 4. The molecular weight excluding hydrogens is 345 g/mol. The van der Waals surface area contributed by atoms with Gasteiger partial charge in [0, 0.05) is 11.8 Å². The molecule has 0 aliphatic heterocycles. The van der Waals surface area contributed by atoms with Crippen molar-refractivity contribution in [1.82, 2.24) is 4.98 Å².